The summed E-state index contributed by atoms with van der Waals surface area (Å²) in [5, 5.41) is 1.23. The highest BCUT2D eigenvalue weighted by Crippen LogP contribution is 2.30. The third-order valence-electron chi connectivity index (χ3n) is 5.66. The third kappa shape index (κ3) is 3.16. The van der Waals surface area contributed by atoms with E-state index in [1.165, 1.54) is 43.1 Å². The van der Waals surface area contributed by atoms with Gasteiger partial charge < -0.3 is 9.97 Å². The number of nitrogens with one attached hydrogen (secondary N) is 2. The van der Waals surface area contributed by atoms with E-state index in [2.05, 4.69) is 56.4 Å². The maximum atomic E-state index is 4.45. The topological polar surface area (TPSA) is 57.4 Å². The SMILES string of the molecule is Cc1nc2nccc(-c3cc4cc(C=CC5CCCCC5)ccc4[nH]3)c2[nH]1. The minimum absolute atomic E-state index is 0.755. The van der Waals surface area contributed by atoms with Crippen LogP contribution in [0.25, 0.3) is 39.4 Å². The molecule has 1 aliphatic rings. The first-order valence-corrected chi connectivity index (χ1v) is 9.89. The lowest BCUT2D eigenvalue weighted by atomic mass is 9.89. The molecule has 0 aliphatic heterocycles. The Morgan fingerprint density at radius 3 is 2.81 bits per heavy atom. The van der Waals surface area contributed by atoms with Crippen LogP contribution >= 0.6 is 0 Å². The van der Waals surface area contributed by atoms with Crippen LogP contribution in [0.4, 0.5) is 0 Å². The van der Waals surface area contributed by atoms with Crippen LogP contribution < -0.4 is 0 Å². The van der Waals surface area contributed by atoms with Gasteiger partial charge >= 0.3 is 0 Å². The molecule has 1 saturated carbocycles. The predicted octanol–water partition coefficient (Wildman–Crippen LogP) is 6.01. The van der Waals surface area contributed by atoms with Crippen molar-refractivity contribution in [1.82, 2.24) is 19.9 Å². The molecule has 0 radical (unpaired) electrons. The van der Waals surface area contributed by atoms with Gasteiger partial charge in [-0.2, -0.15) is 0 Å². The molecule has 5 rings (SSSR count). The van der Waals surface area contributed by atoms with Crippen LogP contribution in [-0.2, 0) is 0 Å². The van der Waals surface area contributed by atoms with Crippen molar-refractivity contribution in [2.24, 2.45) is 5.92 Å². The van der Waals surface area contributed by atoms with Gasteiger partial charge in [0.05, 0.1) is 5.52 Å². The standard InChI is InChI=1S/C23H24N4/c1-15-25-22-19(11-12-24-23(22)26-15)21-14-18-13-17(9-10-20(18)27-21)8-7-16-5-3-2-4-6-16/h7-14,16,27H,2-6H2,1H3,(H,24,25,26). The molecule has 0 spiro atoms. The van der Waals surface area contributed by atoms with Crippen LogP contribution in [-0.4, -0.2) is 19.9 Å². The van der Waals surface area contributed by atoms with E-state index in [0.29, 0.717) is 0 Å². The van der Waals surface area contributed by atoms with E-state index in [1.807, 2.05) is 19.2 Å². The maximum Gasteiger partial charge on any atom is 0.178 e. The number of hydrogen-bond donors (Lipinski definition) is 2. The molecule has 3 aromatic heterocycles. The van der Waals surface area contributed by atoms with Crippen LogP contribution in [0.5, 0.6) is 0 Å². The number of imidazole rings is 1. The highest BCUT2D eigenvalue weighted by atomic mass is 15.0. The third-order valence-corrected chi connectivity index (χ3v) is 5.66. The van der Waals surface area contributed by atoms with Crippen molar-refractivity contribution in [3.8, 4) is 11.3 Å². The van der Waals surface area contributed by atoms with E-state index in [-0.39, 0.29) is 0 Å². The average molecular weight is 356 g/mol. The van der Waals surface area contributed by atoms with Crippen LogP contribution in [0.1, 0.15) is 43.5 Å². The predicted molar refractivity (Wildman–Crippen MR) is 112 cm³/mol. The first kappa shape index (κ1) is 16.3. The van der Waals surface area contributed by atoms with Gasteiger partial charge in [0, 0.05) is 28.4 Å². The zero-order chi connectivity index (χ0) is 18.2. The molecule has 3 heterocycles. The maximum absolute atomic E-state index is 4.45. The number of aromatic nitrogens is 4. The van der Waals surface area contributed by atoms with Crippen molar-refractivity contribution in [3.05, 3.63) is 54.0 Å². The molecule has 4 nitrogen and oxygen atoms in total. The molecule has 0 saturated heterocycles. The minimum Gasteiger partial charge on any atom is -0.354 e. The molecule has 27 heavy (non-hydrogen) atoms. The first-order valence-electron chi connectivity index (χ1n) is 9.89. The summed E-state index contributed by atoms with van der Waals surface area (Å²) < 4.78 is 0. The molecule has 136 valence electrons. The minimum atomic E-state index is 0.755. The molecule has 2 N–H and O–H groups in total. The van der Waals surface area contributed by atoms with Crippen molar-refractivity contribution in [2.45, 2.75) is 39.0 Å². The lowest BCUT2D eigenvalue weighted by Crippen LogP contribution is -2.02. The van der Waals surface area contributed by atoms with Crippen LogP contribution in [0.15, 0.2) is 42.6 Å². The highest BCUT2D eigenvalue weighted by molar-refractivity contribution is 5.94. The van der Waals surface area contributed by atoms with Crippen molar-refractivity contribution < 1.29 is 0 Å². The second kappa shape index (κ2) is 6.69. The van der Waals surface area contributed by atoms with E-state index < -0.39 is 0 Å². The molecule has 4 aromatic rings. The lowest BCUT2D eigenvalue weighted by Gasteiger charge is -2.17. The van der Waals surface area contributed by atoms with Gasteiger partial charge in [-0.25, -0.2) is 9.97 Å². The summed E-state index contributed by atoms with van der Waals surface area (Å²) >= 11 is 0. The smallest absolute Gasteiger partial charge is 0.178 e. The Bertz CT molecular complexity index is 1130. The van der Waals surface area contributed by atoms with Gasteiger partial charge in [0.2, 0.25) is 0 Å². The van der Waals surface area contributed by atoms with Crippen molar-refractivity contribution in [3.63, 3.8) is 0 Å². The lowest BCUT2D eigenvalue weighted by molar-refractivity contribution is 0.420. The number of allylic oxidation sites excluding steroid dienone is 1. The summed E-state index contributed by atoms with van der Waals surface area (Å²) in [6.45, 7) is 1.96. The van der Waals surface area contributed by atoms with Gasteiger partial charge in [-0.05, 0) is 55.5 Å². The van der Waals surface area contributed by atoms with Crippen molar-refractivity contribution >= 4 is 28.1 Å². The summed E-state index contributed by atoms with van der Waals surface area (Å²) in [6.07, 6.45) is 13.4. The fraction of sp³-hybridized carbons (Fsp3) is 0.304. The summed E-state index contributed by atoms with van der Waals surface area (Å²) in [6, 6.07) is 10.9. The number of hydrogen-bond acceptors (Lipinski definition) is 2. The molecular weight excluding hydrogens is 332 g/mol. The van der Waals surface area contributed by atoms with Gasteiger partial charge in [-0.3, -0.25) is 0 Å². The van der Waals surface area contributed by atoms with Crippen LogP contribution in [0, 0.1) is 12.8 Å². The zero-order valence-corrected chi connectivity index (χ0v) is 15.6. The molecule has 0 amide bonds. The van der Waals surface area contributed by atoms with E-state index in [1.54, 1.807) is 0 Å². The number of pyridine rings is 1. The first-order chi connectivity index (χ1) is 13.3. The van der Waals surface area contributed by atoms with E-state index in [0.717, 1.165) is 39.7 Å². The Balaban J connectivity index is 1.49. The zero-order valence-electron chi connectivity index (χ0n) is 15.6. The van der Waals surface area contributed by atoms with E-state index in [4.69, 9.17) is 0 Å². The molecule has 0 unspecified atom stereocenters. The number of aryl methyl sites for hydroxylation is 1. The molecule has 4 heteroatoms. The number of benzene rings is 1. The molecule has 1 fully saturated rings. The van der Waals surface area contributed by atoms with E-state index >= 15 is 0 Å². The van der Waals surface area contributed by atoms with Gasteiger partial charge in [0.25, 0.3) is 0 Å². The number of H-pyrrole nitrogens is 2. The number of aromatic amines is 2. The van der Waals surface area contributed by atoms with E-state index in [9.17, 15) is 0 Å². The Morgan fingerprint density at radius 1 is 1.04 bits per heavy atom. The summed E-state index contributed by atoms with van der Waals surface area (Å²) in [7, 11) is 0. The molecule has 0 atom stereocenters. The van der Waals surface area contributed by atoms with Crippen LogP contribution in [0.3, 0.4) is 0 Å². The molecule has 1 aliphatic carbocycles. The summed E-state index contributed by atoms with van der Waals surface area (Å²) in [5.74, 6) is 1.64. The average Bonchev–Trinajstić information content (AvgIpc) is 3.28. The summed E-state index contributed by atoms with van der Waals surface area (Å²) in [4.78, 5) is 15.7. The monoisotopic (exact) mass is 356 g/mol. The fourth-order valence-corrected chi connectivity index (χ4v) is 4.22. The fourth-order valence-electron chi connectivity index (χ4n) is 4.22. The number of nitrogens with zero attached hydrogens (tertiary/aromatic N) is 2. The van der Waals surface area contributed by atoms with Crippen LogP contribution in [0.2, 0.25) is 0 Å². The Kier molecular flexibility index (Phi) is 4.04. The Morgan fingerprint density at radius 2 is 1.93 bits per heavy atom. The number of rotatable bonds is 3. The van der Waals surface area contributed by atoms with Gasteiger partial charge in [0.1, 0.15) is 5.82 Å². The molecule has 0 bridgehead atoms. The quantitative estimate of drug-likeness (QED) is 0.472. The second-order valence-electron chi connectivity index (χ2n) is 7.67. The Labute approximate surface area is 158 Å². The summed E-state index contributed by atoms with van der Waals surface area (Å²) in [5.41, 5.74) is 6.38. The largest absolute Gasteiger partial charge is 0.354 e. The normalized spacial score (nSPS) is 16.0. The second-order valence-corrected chi connectivity index (χ2v) is 7.67. The van der Waals surface area contributed by atoms with Crippen molar-refractivity contribution in [1.29, 1.82) is 0 Å². The van der Waals surface area contributed by atoms with Gasteiger partial charge in [0.15, 0.2) is 5.65 Å². The Hall–Kier alpha value is -2.88. The molecular formula is C23H24N4. The molecule has 1 aromatic carbocycles. The van der Waals surface area contributed by atoms with Gasteiger partial charge in [-0.15, -0.1) is 0 Å². The highest BCUT2D eigenvalue weighted by Gasteiger charge is 2.12. The number of fused-ring (bicyclic) bond motifs is 2. The van der Waals surface area contributed by atoms with Gasteiger partial charge in [-0.1, -0.05) is 37.5 Å². The van der Waals surface area contributed by atoms with Crippen molar-refractivity contribution in [2.75, 3.05) is 0 Å².